The monoisotopic (exact) mass is 147 g/mol. The molecule has 0 amide bonds. The molecule has 0 rings (SSSR count). The predicted octanol–water partition coefficient (Wildman–Crippen LogP) is 0.734. The molecule has 3 heteroatoms. The topological polar surface area (TPSA) is 44.5 Å². The normalized spacial score (nSPS) is 13.5. The van der Waals surface area contributed by atoms with Crippen molar-refractivity contribution in [1.29, 1.82) is 0 Å². The van der Waals surface area contributed by atoms with Gasteiger partial charge in [-0.3, -0.25) is 0 Å². The molecule has 0 bridgehead atoms. The maximum atomic E-state index is 5.25. The first kappa shape index (κ1) is 9.88. The van der Waals surface area contributed by atoms with Gasteiger partial charge in [-0.2, -0.15) is 0 Å². The zero-order valence-electron chi connectivity index (χ0n) is 6.80. The maximum Gasteiger partial charge on any atom is 0.157 e. The first-order chi connectivity index (χ1) is 4.85. The lowest BCUT2D eigenvalue weighted by atomic mass is 10.5. The van der Waals surface area contributed by atoms with Crippen LogP contribution in [0.1, 0.15) is 20.3 Å². The molecule has 0 heterocycles. The van der Waals surface area contributed by atoms with Crippen LogP contribution in [-0.4, -0.2) is 26.0 Å². The van der Waals surface area contributed by atoms with Gasteiger partial charge in [-0.25, -0.2) is 0 Å². The molecule has 3 nitrogen and oxygen atoms in total. The van der Waals surface area contributed by atoms with E-state index < -0.39 is 0 Å². The molecule has 1 atom stereocenters. The average Bonchev–Trinajstić information content (AvgIpc) is 1.98. The molecule has 0 fully saturated rings. The van der Waals surface area contributed by atoms with Crippen LogP contribution < -0.4 is 5.73 Å². The van der Waals surface area contributed by atoms with E-state index in [4.69, 9.17) is 15.2 Å². The van der Waals surface area contributed by atoms with Crippen molar-refractivity contribution in [3.8, 4) is 0 Å². The molecule has 0 saturated carbocycles. The Hall–Kier alpha value is -0.120. The Kier molecular flexibility index (Phi) is 6.91. The molecule has 10 heavy (non-hydrogen) atoms. The fraction of sp³-hybridized carbons (Fsp3) is 1.00. The zero-order chi connectivity index (χ0) is 7.82. The quantitative estimate of drug-likeness (QED) is 0.563. The molecule has 0 aliphatic carbocycles. The lowest BCUT2D eigenvalue weighted by Gasteiger charge is -2.14. The molecular weight excluding hydrogens is 130 g/mol. The van der Waals surface area contributed by atoms with Gasteiger partial charge in [0.25, 0.3) is 0 Å². The second-order valence-electron chi connectivity index (χ2n) is 1.95. The lowest BCUT2D eigenvalue weighted by Crippen LogP contribution is -2.20. The highest BCUT2D eigenvalue weighted by atomic mass is 16.7. The first-order valence-electron chi connectivity index (χ1n) is 3.78. The molecule has 2 N–H and O–H groups in total. The molecule has 0 aromatic heterocycles. The third-order valence-electron chi connectivity index (χ3n) is 1.11. The van der Waals surface area contributed by atoms with Crippen molar-refractivity contribution in [2.75, 3.05) is 19.8 Å². The van der Waals surface area contributed by atoms with Crippen LogP contribution in [0, 0.1) is 0 Å². The highest BCUT2D eigenvalue weighted by molar-refractivity contribution is 4.39. The minimum atomic E-state index is -0.0615. The first-order valence-corrected chi connectivity index (χ1v) is 3.78. The van der Waals surface area contributed by atoms with E-state index in [0.29, 0.717) is 19.8 Å². The minimum absolute atomic E-state index is 0.0615. The van der Waals surface area contributed by atoms with Crippen molar-refractivity contribution in [2.24, 2.45) is 5.73 Å². The molecule has 62 valence electrons. The highest BCUT2D eigenvalue weighted by Gasteiger charge is 2.02. The second-order valence-corrected chi connectivity index (χ2v) is 1.95. The Morgan fingerprint density at radius 3 is 2.40 bits per heavy atom. The van der Waals surface area contributed by atoms with Gasteiger partial charge in [0.1, 0.15) is 0 Å². The number of rotatable bonds is 6. The van der Waals surface area contributed by atoms with Gasteiger partial charge in [-0.05, 0) is 13.3 Å². The van der Waals surface area contributed by atoms with Crippen LogP contribution in [0.4, 0.5) is 0 Å². The van der Waals surface area contributed by atoms with E-state index in [-0.39, 0.29) is 6.29 Å². The van der Waals surface area contributed by atoms with Gasteiger partial charge >= 0.3 is 0 Å². The minimum Gasteiger partial charge on any atom is -0.353 e. The Morgan fingerprint density at radius 1 is 1.30 bits per heavy atom. The van der Waals surface area contributed by atoms with Crippen molar-refractivity contribution < 1.29 is 9.47 Å². The van der Waals surface area contributed by atoms with Crippen LogP contribution in [0.5, 0.6) is 0 Å². The predicted molar refractivity (Wildman–Crippen MR) is 40.7 cm³/mol. The molecule has 0 aromatic carbocycles. The summed E-state index contributed by atoms with van der Waals surface area (Å²) < 4.78 is 10.4. The average molecular weight is 147 g/mol. The summed E-state index contributed by atoms with van der Waals surface area (Å²) in [5, 5.41) is 0. The number of ether oxygens (including phenoxy) is 2. The van der Waals surface area contributed by atoms with Crippen LogP contribution in [-0.2, 0) is 9.47 Å². The van der Waals surface area contributed by atoms with Gasteiger partial charge in [0.15, 0.2) is 6.29 Å². The van der Waals surface area contributed by atoms with Gasteiger partial charge in [-0.15, -0.1) is 0 Å². The standard InChI is InChI=1S/C7H17NO2/c1-3-7(9-4-2)10-6-5-8/h7H,3-6,8H2,1-2H3. The van der Waals surface area contributed by atoms with Gasteiger partial charge in [0, 0.05) is 13.2 Å². The van der Waals surface area contributed by atoms with Crippen molar-refractivity contribution in [3.63, 3.8) is 0 Å². The zero-order valence-corrected chi connectivity index (χ0v) is 6.80. The van der Waals surface area contributed by atoms with Gasteiger partial charge in [-0.1, -0.05) is 6.92 Å². The molecular formula is C7H17NO2. The fourth-order valence-corrected chi connectivity index (χ4v) is 0.669. The van der Waals surface area contributed by atoms with Crippen molar-refractivity contribution in [1.82, 2.24) is 0 Å². The van der Waals surface area contributed by atoms with E-state index in [1.54, 1.807) is 0 Å². The molecule has 0 aromatic rings. The van der Waals surface area contributed by atoms with Crippen molar-refractivity contribution >= 4 is 0 Å². The van der Waals surface area contributed by atoms with E-state index >= 15 is 0 Å². The second kappa shape index (κ2) is 6.99. The van der Waals surface area contributed by atoms with Crippen LogP contribution in [0.2, 0.25) is 0 Å². The SMILES string of the molecule is CCOC(CC)OCCN. The van der Waals surface area contributed by atoms with Gasteiger partial charge < -0.3 is 15.2 Å². The summed E-state index contributed by atoms with van der Waals surface area (Å²) in [4.78, 5) is 0. The van der Waals surface area contributed by atoms with E-state index in [1.165, 1.54) is 0 Å². The lowest BCUT2D eigenvalue weighted by molar-refractivity contribution is -0.138. The summed E-state index contributed by atoms with van der Waals surface area (Å²) >= 11 is 0. The Labute approximate surface area is 62.5 Å². The Bertz CT molecular complexity index is 68.6. The van der Waals surface area contributed by atoms with Gasteiger partial charge in [0.05, 0.1) is 6.61 Å². The molecule has 0 radical (unpaired) electrons. The van der Waals surface area contributed by atoms with Crippen molar-refractivity contribution in [3.05, 3.63) is 0 Å². The number of nitrogens with two attached hydrogens (primary N) is 1. The summed E-state index contributed by atoms with van der Waals surface area (Å²) in [5.41, 5.74) is 5.25. The fourth-order valence-electron chi connectivity index (χ4n) is 0.669. The third kappa shape index (κ3) is 4.73. The van der Waals surface area contributed by atoms with Crippen molar-refractivity contribution in [2.45, 2.75) is 26.6 Å². The summed E-state index contributed by atoms with van der Waals surface area (Å²) in [6.07, 6.45) is 0.821. The summed E-state index contributed by atoms with van der Waals surface area (Å²) in [7, 11) is 0. The summed E-state index contributed by atoms with van der Waals surface area (Å²) in [6.45, 7) is 5.82. The Balaban J connectivity index is 3.21. The molecule has 0 aliphatic rings. The molecule has 0 saturated heterocycles. The number of hydrogen-bond acceptors (Lipinski definition) is 3. The summed E-state index contributed by atoms with van der Waals surface area (Å²) in [5.74, 6) is 0. The van der Waals surface area contributed by atoms with E-state index in [9.17, 15) is 0 Å². The Morgan fingerprint density at radius 2 is 2.00 bits per heavy atom. The van der Waals surface area contributed by atoms with Crippen LogP contribution >= 0.6 is 0 Å². The van der Waals surface area contributed by atoms with E-state index in [2.05, 4.69) is 0 Å². The third-order valence-corrected chi connectivity index (χ3v) is 1.11. The van der Waals surface area contributed by atoms with Crippen LogP contribution in [0.3, 0.4) is 0 Å². The van der Waals surface area contributed by atoms with E-state index in [1.807, 2.05) is 13.8 Å². The van der Waals surface area contributed by atoms with Crippen LogP contribution in [0.15, 0.2) is 0 Å². The number of hydrogen-bond donors (Lipinski definition) is 1. The van der Waals surface area contributed by atoms with Gasteiger partial charge in [0.2, 0.25) is 0 Å². The summed E-state index contributed by atoms with van der Waals surface area (Å²) in [6, 6.07) is 0. The van der Waals surface area contributed by atoms with E-state index in [0.717, 1.165) is 6.42 Å². The molecule has 1 unspecified atom stereocenters. The molecule has 0 aliphatic heterocycles. The largest absolute Gasteiger partial charge is 0.353 e. The maximum absolute atomic E-state index is 5.25. The highest BCUT2D eigenvalue weighted by Crippen LogP contribution is 1.98. The molecule has 0 spiro atoms. The smallest absolute Gasteiger partial charge is 0.157 e. The van der Waals surface area contributed by atoms with Crippen LogP contribution in [0.25, 0.3) is 0 Å².